The van der Waals surface area contributed by atoms with Gasteiger partial charge in [-0.05, 0) is 36.6 Å². The molecule has 2 aromatic rings. The molecule has 1 N–H and O–H groups in total. The van der Waals surface area contributed by atoms with Gasteiger partial charge < -0.3 is 5.32 Å². The van der Waals surface area contributed by atoms with Crippen LogP contribution in [0.25, 0.3) is 0 Å². The second-order valence-electron chi connectivity index (χ2n) is 4.71. The van der Waals surface area contributed by atoms with Gasteiger partial charge in [0.25, 0.3) is 0 Å². The predicted molar refractivity (Wildman–Crippen MR) is 68.2 cm³/mol. The van der Waals surface area contributed by atoms with Crippen LogP contribution < -0.4 is 5.32 Å². The molecular weight excluding hydrogens is 267 g/mol. The summed E-state index contributed by atoms with van der Waals surface area (Å²) in [6.45, 7) is 0. The minimum atomic E-state index is -4.40. The molecule has 0 aliphatic heterocycles. The first-order valence-corrected chi connectivity index (χ1v) is 6.27. The average molecular weight is 279 g/mol. The van der Waals surface area contributed by atoms with Crippen molar-refractivity contribution >= 4 is 5.69 Å². The van der Waals surface area contributed by atoms with Crippen molar-refractivity contribution in [2.75, 3.05) is 5.32 Å². The molecular formula is C14H12F3N3. The van der Waals surface area contributed by atoms with Crippen LogP contribution in [0.4, 0.5) is 18.9 Å². The van der Waals surface area contributed by atoms with Gasteiger partial charge in [-0.25, -0.2) is 4.98 Å². The minimum Gasteiger partial charge on any atom is -0.375 e. The number of aryl methyl sites for hydroxylation is 1. The van der Waals surface area contributed by atoms with E-state index in [1.165, 1.54) is 17.8 Å². The van der Waals surface area contributed by atoms with Gasteiger partial charge in [0, 0.05) is 6.20 Å². The van der Waals surface area contributed by atoms with Crippen molar-refractivity contribution in [2.45, 2.75) is 25.1 Å². The molecule has 1 aliphatic carbocycles. The molecule has 2 heterocycles. The Morgan fingerprint density at radius 1 is 1.15 bits per heavy atom. The zero-order valence-corrected chi connectivity index (χ0v) is 10.5. The predicted octanol–water partition coefficient (Wildman–Crippen LogP) is 3.59. The summed E-state index contributed by atoms with van der Waals surface area (Å²) in [5, 5.41) is 3.18. The van der Waals surface area contributed by atoms with Crippen LogP contribution in [0.1, 0.15) is 29.4 Å². The van der Waals surface area contributed by atoms with Gasteiger partial charge in [0.05, 0.1) is 23.6 Å². The van der Waals surface area contributed by atoms with Gasteiger partial charge in [-0.2, -0.15) is 13.2 Å². The van der Waals surface area contributed by atoms with E-state index in [0.717, 1.165) is 24.6 Å². The second-order valence-corrected chi connectivity index (χ2v) is 4.71. The van der Waals surface area contributed by atoms with Crippen molar-refractivity contribution in [1.29, 1.82) is 0 Å². The van der Waals surface area contributed by atoms with Crippen LogP contribution in [0, 0.1) is 0 Å². The number of pyridine rings is 2. The first kappa shape index (κ1) is 12.9. The third-order valence-corrected chi connectivity index (χ3v) is 3.35. The molecule has 3 rings (SSSR count). The van der Waals surface area contributed by atoms with Crippen LogP contribution in [-0.4, -0.2) is 9.97 Å². The van der Waals surface area contributed by atoms with Crippen molar-refractivity contribution in [1.82, 2.24) is 9.97 Å². The Balaban J connectivity index is 1.76. The third-order valence-electron chi connectivity index (χ3n) is 3.35. The summed E-state index contributed by atoms with van der Waals surface area (Å²) in [6.07, 6.45) is 0.343. The van der Waals surface area contributed by atoms with Crippen molar-refractivity contribution in [3.8, 4) is 0 Å². The largest absolute Gasteiger partial charge is 0.433 e. The fraction of sp³-hybridized carbons (Fsp3) is 0.286. The quantitative estimate of drug-likeness (QED) is 0.912. The number of nitrogens with zero attached hydrogens (tertiary/aromatic N) is 2. The van der Waals surface area contributed by atoms with E-state index in [-0.39, 0.29) is 6.04 Å². The summed E-state index contributed by atoms with van der Waals surface area (Å²) in [4.78, 5) is 7.77. The van der Waals surface area contributed by atoms with Crippen LogP contribution in [0.2, 0.25) is 0 Å². The fourth-order valence-electron chi connectivity index (χ4n) is 2.40. The molecule has 0 spiro atoms. The lowest BCUT2D eigenvalue weighted by Gasteiger charge is -2.15. The number of halogens is 3. The van der Waals surface area contributed by atoms with Crippen molar-refractivity contribution < 1.29 is 13.2 Å². The molecule has 3 nitrogen and oxygen atoms in total. The lowest BCUT2D eigenvalue weighted by Crippen LogP contribution is -2.11. The van der Waals surface area contributed by atoms with Gasteiger partial charge in [0.1, 0.15) is 5.69 Å². The topological polar surface area (TPSA) is 37.8 Å². The summed E-state index contributed by atoms with van der Waals surface area (Å²) in [7, 11) is 0. The van der Waals surface area contributed by atoms with Gasteiger partial charge in [-0.1, -0.05) is 6.07 Å². The molecule has 0 radical (unpaired) electrons. The van der Waals surface area contributed by atoms with E-state index >= 15 is 0 Å². The molecule has 0 fully saturated rings. The number of hydrogen-bond donors (Lipinski definition) is 1. The Labute approximate surface area is 113 Å². The Hall–Kier alpha value is -2.11. The SMILES string of the molecule is FC(F)(F)c1ccc(NC2CCc3cccnc32)cn1. The fourth-order valence-corrected chi connectivity index (χ4v) is 2.40. The van der Waals surface area contributed by atoms with Crippen molar-refractivity contribution in [3.05, 3.63) is 53.6 Å². The van der Waals surface area contributed by atoms with Gasteiger partial charge in [0.15, 0.2) is 0 Å². The third kappa shape index (κ3) is 2.45. The van der Waals surface area contributed by atoms with E-state index in [4.69, 9.17) is 0 Å². The summed E-state index contributed by atoms with van der Waals surface area (Å²) < 4.78 is 37.3. The van der Waals surface area contributed by atoms with E-state index < -0.39 is 11.9 Å². The molecule has 2 aromatic heterocycles. The first-order chi connectivity index (χ1) is 9.54. The highest BCUT2D eigenvalue weighted by atomic mass is 19.4. The smallest absolute Gasteiger partial charge is 0.375 e. The number of anilines is 1. The molecule has 0 saturated heterocycles. The van der Waals surface area contributed by atoms with Crippen LogP contribution in [0.15, 0.2) is 36.7 Å². The molecule has 20 heavy (non-hydrogen) atoms. The van der Waals surface area contributed by atoms with E-state index in [9.17, 15) is 13.2 Å². The first-order valence-electron chi connectivity index (χ1n) is 6.27. The van der Waals surface area contributed by atoms with Crippen LogP contribution >= 0.6 is 0 Å². The summed E-state index contributed by atoms with van der Waals surface area (Å²) >= 11 is 0. The van der Waals surface area contributed by atoms with E-state index in [2.05, 4.69) is 15.3 Å². The van der Waals surface area contributed by atoms with Gasteiger partial charge in [-0.3, -0.25) is 4.98 Å². The highest BCUT2D eigenvalue weighted by Crippen LogP contribution is 2.33. The molecule has 1 aliphatic rings. The van der Waals surface area contributed by atoms with Gasteiger partial charge in [-0.15, -0.1) is 0 Å². The normalized spacial score (nSPS) is 17.9. The molecule has 1 unspecified atom stereocenters. The molecule has 1 atom stereocenters. The zero-order valence-electron chi connectivity index (χ0n) is 10.5. The minimum absolute atomic E-state index is 0.0322. The molecule has 6 heteroatoms. The Morgan fingerprint density at radius 2 is 2.00 bits per heavy atom. The molecule has 0 bridgehead atoms. The lowest BCUT2D eigenvalue weighted by molar-refractivity contribution is -0.141. The van der Waals surface area contributed by atoms with Gasteiger partial charge in [0.2, 0.25) is 0 Å². The summed E-state index contributed by atoms with van der Waals surface area (Å²) in [5.41, 5.74) is 1.84. The molecule has 0 aromatic carbocycles. The summed E-state index contributed by atoms with van der Waals surface area (Å²) in [5.74, 6) is 0. The van der Waals surface area contributed by atoms with Crippen molar-refractivity contribution in [3.63, 3.8) is 0 Å². The average Bonchev–Trinajstić information content (AvgIpc) is 2.82. The van der Waals surface area contributed by atoms with Crippen LogP contribution in [-0.2, 0) is 12.6 Å². The summed E-state index contributed by atoms with van der Waals surface area (Å²) in [6, 6.07) is 6.33. The lowest BCUT2D eigenvalue weighted by atomic mass is 10.2. The Bertz CT molecular complexity index is 608. The molecule has 0 amide bonds. The zero-order chi connectivity index (χ0) is 14.2. The Morgan fingerprint density at radius 3 is 2.70 bits per heavy atom. The highest BCUT2D eigenvalue weighted by molar-refractivity contribution is 5.45. The number of alkyl halides is 3. The Kier molecular flexibility index (Phi) is 3.08. The number of hydrogen-bond acceptors (Lipinski definition) is 3. The number of rotatable bonds is 2. The standard InChI is InChI=1S/C14H12F3N3/c15-14(16,17)12-6-4-10(8-19-12)20-11-5-3-9-2-1-7-18-13(9)11/h1-2,4,6-8,11,20H,3,5H2. The highest BCUT2D eigenvalue weighted by Gasteiger charge is 2.32. The number of nitrogens with one attached hydrogen (secondary N) is 1. The van der Waals surface area contributed by atoms with Crippen LogP contribution in [0.5, 0.6) is 0 Å². The maximum Gasteiger partial charge on any atom is 0.433 e. The number of aromatic nitrogens is 2. The van der Waals surface area contributed by atoms with E-state index in [1.54, 1.807) is 6.20 Å². The van der Waals surface area contributed by atoms with Crippen LogP contribution in [0.3, 0.4) is 0 Å². The maximum absolute atomic E-state index is 12.4. The van der Waals surface area contributed by atoms with Crippen molar-refractivity contribution in [2.24, 2.45) is 0 Å². The maximum atomic E-state index is 12.4. The van der Waals surface area contributed by atoms with E-state index in [0.29, 0.717) is 5.69 Å². The molecule has 0 saturated carbocycles. The second kappa shape index (κ2) is 4.77. The van der Waals surface area contributed by atoms with Gasteiger partial charge >= 0.3 is 6.18 Å². The number of fused-ring (bicyclic) bond motifs is 1. The monoisotopic (exact) mass is 279 g/mol. The molecule has 104 valence electrons. The van der Waals surface area contributed by atoms with E-state index in [1.807, 2.05) is 12.1 Å².